The maximum absolute atomic E-state index is 11.4. The summed E-state index contributed by atoms with van der Waals surface area (Å²) in [6.07, 6.45) is 0. The lowest BCUT2D eigenvalue weighted by atomic mass is 10.1. The second kappa shape index (κ2) is 6.25. The number of hydrogen-bond donors (Lipinski definition) is 2. The Labute approximate surface area is 133 Å². The monoisotopic (exact) mass is 326 g/mol. The smallest absolute Gasteiger partial charge is 0.308 e. The maximum atomic E-state index is 11.4. The molecule has 0 radical (unpaired) electrons. The molecule has 1 heterocycles. The van der Waals surface area contributed by atoms with Crippen molar-refractivity contribution in [2.24, 2.45) is 7.05 Å². The Balaban J connectivity index is 2.29. The standard InChI is InChI=1S/C14H19ClN4OS/c1-14(2,3)16-8-9-10(15)6-5-7-11(9)21-13-18-17-12(20)19(13)4/h5-7,16H,8H2,1-4H3,(H,17,20). The van der Waals surface area contributed by atoms with E-state index in [4.69, 9.17) is 11.6 Å². The lowest BCUT2D eigenvalue weighted by Gasteiger charge is -2.22. The molecule has 0 saturated carbocycles. The number of halogens is 1. The van der Waals surface area contributed by atoms with Crippen LogP contribution in [0.3, 0.4) is 0 Å². The van der Waals surface area contributed by atoms with Crippen molar-refractivity contribution in [2.45, 2.75) is 42.9 Å². The van der Waals surface area contributed by atoms with Crippen LogP contribution in [0.5, 0.6) is 0 Å². The minimum atomic E-state index is -0.228. The fourth-order valence-electron chi connectivity index (χ4n) is 1.68. The first-order valence-electron chi connectivity index (χ1n) is 6.59. The van der Waals surface area contributed by atoms with Crippen molar-refractivity contribution < 1.29 is 0 Å². The molecule has 0 aliphatic rings. The van der Waals surface area contributed by atoms with E-state index >= 15 is 0 Å². The lowest BCUT2D eigenvalue weighted by Crippen LogP contribution is -2.35. The van der Waals surface area contributed by atoms with Crippen LogP contribution in [0.25, 0.3) is 0 Å². The summed E-state index contributed by atoms with van der Waals surface area (Å²) in [5, 5.41) is 11.2. The summed E-state index contributed by atoms with van der Waals surface area (Å²) in [6.45, 7) is 6.97. The van der Waals surface area contributed by atoms with Gasteiger partial charge >= 0.3 is 5.69 Å². The van der Waals surface area contributed by atoms with Crippen molar-refractivity contribution in [1.29, 1.82) is 0 Å². The summed E-state index contributed by atoms with van der Waals surface area (Å²) in [5.74, 6) is 0. The van der Waals surface area contributed by atoms with Gasteiger partial charge in [0.15, 0.2) is 5.16 Å². The predicted molar refractivity (Wildman–Crippen MR) is 86.0 cm³/mol. The average Bonchev–Trinajstić information content (AvgIpc) is 2.69. The highest BCUT2D eigenvalue weighted by Gasteiger charge is 2.15. The van der Waals surface area contributed by atoms with Gasteiger partial charge in [-0.05, 0) is 50.2 Å². The van der Waals surface area contributed by atoms with Crippen molar-refractivity contribution >= 4 is 23.4 Å². The number of H-pyrrole nitrogens is 1. The number of nitrogens with one attached hydrogen (secondary N) is 2. The van der Waals surface area contributed by atoms with Gasteiger partial charge in [0.05, 0.1) is 0 Å². The molecule has 1 aromatic heterocycles. The topological polar surface area (TPSA) is 62.7 Å². The third-order valence-corrected chi connectivity index (χ3v) is 4.42. The molecular formula is C14H19ClN4OS. The van der Waals surface area contributed by atoms with Crippen molar-refractivity contribution in [3.05, 3.63) is 39.3 Å². The first kappa shape index (κ1) is 16.1. The van der Waals surface area contributed by atoms with Gasteiger partial charge < -0.3 is 5.32 Å². The minimum absolute atomic E-state index is 0.000294. The van der Waals surface area contributed by atoms with E-state index in [2.05, 4.69) is 36.3 Å². The van der Waals surface area contributed by atoms with E-state index in [0.717, 1.165) is 10.5 Å². The largest absolute Gasteiger partial charge is 0.343 e. The predicted octanol–water partition coefficient (Wildman–Crippen LogP) is 2.80. The molecule has 0 bridgehead atoms. The third kappa shape index (κ3) is 4.12. The molecule has 5 nitrogen and oxygen atoms in total. The number of benzene rings is 1. The quantitative estimate of drug-likeness (QED) is 0.907. The van der Waals surface area contributed by atoms with E-state index in [1.807, 2.05) is 18.2 Å². The number of aromatic amines is 1. The van der Waals surface area contributed by atoms with E-state index in [1.165, 1.54) is 16.3 Å². The molecule has 1 aromatic carbocycles. The van der Waals surface area contributed by atoms with Gasteiger partial charge in [-0.15, -0.1) is 5.10 Å². The first-order chi connectivity index (χ1) is 9.78. The zero-order valence-electron chi connectivity index (χ0n) is 12.5. The van der Waals surface area contributed by atoms with Gasteiger partial charge in [0, 0.05) is 29.0 Å². The summed E-state index contributed by atoms with van der Waals surface area (Å²) < 4.78 is 1.48. The molecule has 2 rings (SSSR count). The molecule has 0 saturated heterocycles. The van der Waals surface area contributed by atoms with E-state index in [-0.39, 0.29) is 11.2 Å². The zero-order valence-corrected chi connectivity index (χ0v) is 14.1. The van der Waals surface area contributed by atoms with E-state index in [1.54, 1.807) is 7.05 Å². The fourth-order valence-corrected chi connectivity index (χ4v) is 2.94. The summed E-state index contributed by atoms with van der Waals surface area (Å²) in [5.41, 5.74) is 0.781. The summed E-state index contributed by atoms with van der Waals surface area (Å²) in [4.78, 5) is 12.4. The fraction of sp³-hybridized carbons (Fsp3) is 0.429. The van der Waals surface area contributed by atoms with E-state index < -0.39 is 0 Å². The third-order valence-electron chi connectivity index (χ3n) is 2.91. The summed E-state index contributed by atoms with van der Waals surface area (Å²) in [7, 11) is 1.69. The molecular weight excluding hydrogens is 308 g/mol. The molecule has 0 fully saturated rings. The molecule has 114 valence electrons. The molecule has 0 aliphatic heterocycles. The van der Waals surface area contributed by atoms with Gasteiger partial charge in [-0.25, -0.2) is 9.89 Å². The summed E-state index contributed by atoms with van der Waals surface area (Å²) in [6, 6.07) is 5.75. The second-order valence-electron chi connectivity index (χ2n) is 5.79. The molecule has 7 heteroatoms. The van der Waals surface area contributed by atoms with Crippen LogP contribution in [-0.2, 0) is 13.6 Å². The van der Waals surface area contributed by atoms with Crippen LogP contribution >= 0.6 is 23.4 Å². The summed E-state index contributed by atoms with van der Waals surface area (Å²) >= 11 is 7.74. The maximum Gasteiger partial charge on any atom is 0.343 e. The highest BCUT2D eigenvalue weighted by atomic mass is 35.5. The Morgan fingerprint density at radius 3 is 2.71 bits per heavy atom. The van der Waals surface area contributed by atoms with Crippen LogP contribution in [0.1, 0.15) is 26.3 Å². The molecule has 21 heavy (non-hydrogen) atoms. The minimum Gasteiger partial charge on any atom is -0.308 e. The van der Waals surface area contributed by atoms with Gasteiger partial charge in [0.2, 0.25) is 0 Å². The van der Waals surface area contributed by atoms with E-state index in [0.29, 0.717) is 16.7 Å². The Morgan fingerprint density at radius 2 is 2.14 bits per heavy atom. The van der Waals surface area contributed by atoms with Crippen molar-refractivity contribution in [3.8, 4) is 0 Å². The molecule has 0 unspecified atom stereocenters. The van der Waals surface area contributed by atoms with Crippen molar-refractivity contribution in [2.75, 3.05) is 0 Å². The van der Waals surface area contributed by atoms with Crippen molar-refractivity contribution in [1.82, 2.24) is 20.1 Å². The van der Waals surface area contributed by atoms with Crippen LogP contribution < -0.4 is 11.0 Å². The van der Waals surface area contributed by atoms with Crippen LogP contribution in [0.2, 0.25) is 5.02 Å². The Hall–Kier alpha value is -1.24. The lowest BCUT2D eigenvalue weighted by molar-refractivity contribution is 0.422. The Kier molecular flexibility index (Phi) is 4.81. The van der Waals surface area contributed by atoms with Gasteiger partial charge in [-0.3, -0.25) is 4.57 Å². The average molecular weight is 327 g/mol. The van der Waals surface area contributed by atoms with E-state index in [9.17, 15) is 4.79 Å². The number of hydrogen-bond acceptors (Lipinski definition) is 4. The Morgan fingerprint density at radius 1 is 1.43 bits per heavy atom. The number of aromatic nitrogens is 3. The second-order valence-corrected chi connectivity index (χ2v) is 7.21. The Bertz CT molecular complexity index is 687. The highest BCUT2D eigenvalue weighted by Crippen LogP contribution is 2.32. The van der Waals surface area contributed by atoms with Gasteiger partial charge in [-0.2, -0.15) is 0 Å². The number of rotatable bonds is 4. The molecule has 0 spiro atoms. The molecule has 0 atom stereocenters. The van der Waals surface area contributed by atoms with Crippen LogP contribution in [0.15, 0.2) is 33.0 Å². The normalized spacial score (nSPS) is 11.9. The van der Waals surface area contributed by atoms with Gasteiger partial charge in [0.25, 0.3) is 0 Å². The van der Waals surface area contributed by atoms with Crippen LogP contribution in [-0.4, -0.2) is 20.3 Å². The molecule has 0 amide bonds. The van der Waals surface area contributed by atoms with Crippen LogP contribution in [0.4, 0.5) is 0 Å². The molecule has 2 aromatic rings. The SMILES string of the molecule is Cn1c(Sc2cccc(Cl)c2CNC(C)(C)C)n[nH]c1=O. The highest BCUT2D eigenvalue weighted by molar-refractivity contribution is 7.99. The van der Waals surface area contributed by atoms with Gasteiger partial charge in [-0.1, -0.05) is 17.7 Å². The van der Waals surface area contributed by atoms with Gasteiger partial charge in [0.1, 0.15) is 0 Å². The first-order valence-corrected chi connectivity index (χ1v) is 7.79. The number of nitrogens with zero attached hydrogens (tertiary/aromatic N) is 2. The molecule has 0 aliphatic carbocycles. The zero-order chi connectivity index (χ0) is 15.6. The van der Waals surface area contributed by atoms with Crippen molar-refractivity contribution in [3.63, 3.8) is 0 Å². The van der Waals surface area contributed by atoms with Crippen LogP contribution in [0, 0.1) is 0 Å². The molecule has 2 N–H and O–H groups in total.